The fourth-order valence-electron chi connectivity index (χ4n) is 5.37. The van der Waals surface area contributed by atoms with E-state index in [-0.39, 0.29) is 24.0 Å². The van der Waals surface area contributed by atoms with Crippen molar-refractivity contribution in [1.82, 2.24) is 10.2 Å². The van der Waals surface area contributed by atoms with Gasteiger partial charge < -0.3 is 10.1 Å². The van der Waals surface area contributed by atoms with E-state index in [2.05, 4.69) is 16.8 Å². The molecule has 1 aliphatic heterocycles. The molecular formula is C27H34N2O3. The highest BCUT2D eigenvalue weighted by Gasteiger charge is 2.39. The van der Waals surface area contributed by atoms with Crippen molar-refractivity contribution in [3.63, 3.8) is 0 Å². The number of esters is 1. The third-order valence-corrected chi connectivity index (χ3v) is 6.93. The van der Waals surface area contributed by atoms with Gasteiger partial charge in [-0.2, -0.15) is 0 Å². The lowest BCUT2D eigenvalue weighted by Crippen LogP contribution is -2.41. The molecule has 0 unspecified atom stereocenters. The van der Waals surface area contributed by atoms with Crippen LogP contribution in [0.1, 0.15) is 61.4 Å². The first-order chi connectivity index (χ1) is 15.6. The minimum Gasteiger partial charge on any atom is -0.465 e. The van der Waals surface area contributed by atoms with E-state index in [1.165, 1.54) is 32.1 Å². The Hall–Kier alpha value is -2.66. The lowest BCUT2D eigenvalue weighted by atomic mass is 9.89. The van der Waals surface area contributed by atoms with Gasteiger partial charge in [0.15, 0.2) is 0 Å². The van der Waals surface area contributed by atoms with Crippen LogP contribution in [-0.4, -0.2) is 48.6 Å². The van der Waals surface area contributed by atoms with Crippen LogP contribution in [0.3, 0.4) is 0 Å². The minimum absolute atomic E-state index is 0.0790. The zero-order valence-electron chi connectivity index (χ0n) is 19.0. The maximum atomic E-state index is 13.2. The van der Waals surface area contributed by atoms with Gasteiger partial charge >= 0.3 is 5.97 Å². The fourth-order valence-corrected chi connectivity index (χ4v) is 5.37. The molecular weight excluding hydrogens is 400 g/mol. The minimum atomic E-state index is -0.280. The number of fused-ring (bicyclic) bond motifs is 1. The first-order valence-corrected chi connectivity index (χ1v) is 12.0. The van der Waals surface area contributed by atoms with E-state index in [0.717, 1.165) is 22.9 Å². The zero-order valence-corrected chi connectivity index (χ0v) is 19.0. The number of hydrogen-bond donors (Lipinski definition) is 1. The topological polar surface area (TPSA) is 58.6 Å². The predicted molar refractivity (Wildman–Crippen MR) is 128 cm³/mol. The Balaban J connectivity index is 1.49. The molecule has 0 radical (unpaired) electrons. The van der Waals surface area contributed by atoms with Crippen molar-refractivity contribution in [3.05, 3.63) is 54.1 Å². The monoisotopic (exact) mass is 434 g/mol. The molecule has 32 heavy (non-hydrogen) atoms. The molecule has 0 spiro atoms. The third kappa shape index (κ3) is 4.88. The number of benzene rings is 2. The SMILES string of the molecule is C=Cc1c(C(=O)N[C@@H]2C[C@@H](C(=O)OCC)N(CC3CCCCC3)C2)ccc2ccccc12. The van der Waals surface area contributed by atoms with E-state index < -0.39 is 0 Å². The molecule has 5 nitrogen and oxygen atoms in total. The Labute approximate surface area is 190 Å². The molecule has 4 rings (SSSR count). The normalized spacial score (nSPS) is 22.0. The Morgan fingerprint density at radius 3 is 2.69 bits per heavy atom. The van der Waals surface area contributed by atoms with Crippen LogP contribution in [0.4, 0.5) is 0 Å². The van der Waals surface area contributed by atoms with E-state index in [4.69, 9.17) is 4.74 Å². The molecule has 5 heteroatoms. The summed E-state index contributed by atoms with van der Waals surface area (Å²) < 4.78 is 5.36. The average Bonchev–Trinajstić information content (AvgIpc) is 3.21. The summed E-state index contributed by atoms with van der Waals surface area (Å²) in [7, 11) is 0. The lowest BCUT2D eigenvalue weighted by molar-refractivity contribution is -0.148. The van der Waals surface area contributed by atoms with Gasteiger partial charge in [0.1, 0.15) is 6.04 Å². The van der Waals surface area contributed by atoms with Crippen molar-refractivity contribution < 1.29 is 14.3 Å². The Kier molecular flexibility index (Phi) is 7.26. The van der Waals surface area contributed by atoms with Gasteiger partial charge in [0, 0.05) is 24.7 Å². The molecule has 1 amide bonds. The van der Waals surface area contributed by atoms with E-state index in [1.807, 2.05) is 43.3 Å². The molecule has 1 heterocycles. The summed E-state index contributed by atoms with van der Waals surface area (Å²) in [5.41, 5.74) is 1.47. The van der Waals surface area contributed by atoms with Crippen molar-refractivity contribution in [1.29, 1.82) is 0 Å². The van der Waals surface area contributed by atoms with Crippen molar-refractivity contribution in [2.24, 2.45) is 5.92 Å². The van der Waals surface area contributed by atoms with E-state index in [0.29, 0.717) is 31.1 Å². The molecule has 2 aromatic rings. The molecule has 2 atom stereocenters. The molecule has 2 fully saturated rings. The molecule has 1 saturated heterocycles. The van der Waals surface area contributed by atoms with Crippen LogP contribution < -0.4 is 5.32 Å². The van der Waals surface area contributed by atoms with Crippen molar-refractivity contribution >= 4 is 28.7 Å². The van der Waals surface area contributed by atoms with Crippen molar-refractivity contribution in [2.75, 3.05) is 19.7 Å². The standard InChI is InChI=1S/C27H34N2O3/c1-3-22-23-13-9-8-12-20(23)14-15-24(22)26(30)28-21-16-25(27(31)32-4-2)29(18-21)17-19-10-6-5-7-11-19/h3,8-9,12-15,19,21,25H,1,4-7,10-11,16-18H2,2H3,(H,28,30)/t21-,25+/m1/s1. The van der Waals surface area contributed by atoms with Gasteiger partial charge in [0.05, 0.1) is 6.61 Å². The van der Waals surface area contributed by atoms with Gasteiger partial charge in [-0.1, -0.05) is 62.2 Å². The summed E-state index contributed by atoms with van der Waals surface area (Å²) in [4.78, 5) is 28.1. The molecule has 170 valence electrons. The van der Waals surface area contributed by atoms with E-state index in [9.17, 15) is 9.59 Å². The summed E-state index contributed by atoms with van der Waals surface area (Å²) in [6.07, 6.45) is 8.65. The third-order valence-electron chi connectivity index (χ3n) is 6.93. The van der Waals surface area contributed by atoms with Crippen LogP contribution in [0, 0.1) is 5.92 Å². The van der Waals surface area contributed by atoms with Gasteiger partial charge in [-0.3, -0.25) is 14.5 Å². The molecule has 1 aliphatic carbocycles. The van der Waals surface area contributed by atoms with Gasteiger partial charge in [-0.15, -0.1) is 0 Å². The zero-order chi connectivity index (χ0) is 22.5. The molecule has 0 bridgehead atoms. The highest BCUT2D eigenvalue weighted by molar-refractivity contribution is 6.05. The Morgan fingerprint density at radius 1 is 1.16 bits per heavy atom. The second kappa shape index (κ2) is 10.3. The van der Waals surface area contributed by atoms with Gasteiger partial charge in [-0.25, -0.2) is 0 Å². The molecule has 2 aromatic carbocycles. The van der Waals surface area contributed by atoms with E-state index in [1.54, 1.807) is 6.08 Å². The lowest BCUT2D eigenvalue weighted by Gasteiger charge is -2.29. The molecule has 0 aromatic heterocycles. The summed E-state index contributed by atoms with van der Waals surface area (Å²) in [5.74, 6) is 0.346. The Morgan fingerprint density at radius 2 is 1.94 bits per heavy atom. The molecule has 1 N–H and O–H groups in total. The largest absolute Gasteiger partial charge is 0.465 e. The van der Waals surface area contributed by atoms with E-state index >= 15 is 0 Å². The number of likely N-dealkylation sites (tertiary alicyclic amines) is 1. The van der Waals surface area contributed by atoms with Gasteiger partial charge in [0.25, 0.3) is 5.91 Å². The van der Waals surface area contributed by atoms with Crippen LogP contribution in [0.15, 0.2) is 43.0 Å². The highest BCUT2D eigenvalue weighted by Crippen LogP contribution is 2.29. The van der Waals surface area contributed by atoms with Crippen LogP contribution in [0.2, 0.25) is 0 Å². The number of rotatable bonds is 7. The number of hydrogen-bond acceptors (Lipinski definition) is 4. The smallest absolute Gasteiger partial charge is 0.323 e. The number of carbonyl (C=O) groups is 2. The first kappa shape index (κ1) is 22.5. The number of ether oxygens (including phenoxy) is 1. The summed E-state index contributed by atoms with van der Waals surface area (Å²) >= 11 is 0. The summed E-state index contributed by atoms with van der Waals surface area (Å²) in [5, 5.41) is 5.30. The second-order valence-corrected chi connectivity index (χ2v) is 9.08. The van der Waals surface area contributed by atoms with Gasteiger partial charge in [0.2, 0.25) is 0 Å². The molecule has 2 aliphatic rings. The molecule has 1 saturated carbocycles. The van der Waals surface area contributed by atoms with Crippen molar-refractivity contribution in [3.8, 4) is 0 Å². The number of nitrogens with zero attached hydrogens (tertiary/aromatic N) is 1. The Bertz CT molecular complexity index is 980. The quantitative estimate of drug-likeness (QED) is 0.636. The number of amides is 1. The van der Waals surface area contributed by atoms with Gasteiger partial charge in [-0.05, 0) is 54.5 Å². The van der Waals surface area contributed by atoms with Crippen LogP contribution in [0.25, 0.3) is 16.8 Å². The van der Waals surface area contributed by atoms with Crippen molar-refractivity contribution in [2.45, 2.75) is 57.5 Å². The second-order valence-electron chi connectivity index (χ2n) is 9.08. The maximum Gasteiger partial charge on any atom is 0.323 e. The number of nitrogens with one attached hydrogen (secondary N) is 1. The van der Waals surface area contributed by atoms with Crippen LogP contribution in [-0.2, 0) is 9.53 Å². The highest BCUT2D eigenvalue weighted by atomic mass is 16.5. The van der Waals surface area contributed by atoms with Crippen LogP contribution >= 0.6 is 0 Å². The number of carbonyl (C=O) groups excluding carboxylic acids is 2. The van der Waals surface area contributed by atoms with Crippen LogP contribution in [0.5, 0.6) is 0 Å². The summed E-state index contributed by atoms with van der Waals surface area (Å²) in [6.45, 7) is 7.75. The predicted octanol–water partition coefficient (Wildman–Crippen LogP) is 4.80. The first-order valence-electron chi connectivity index (χ1n) is 12.0. The maximum absolute atomic E-state index is 13.2. The summed E-state index contributed by atoms with van der Waals surface area (Å²) in [6, 6.07) is 11.5. The fraction of sp³-hybridized carbons (Fsp3) is 0.481. The average molecular weight is 435 g/mol.